The first kappa shape index (κ1) is 26.1. The number of nitrogens with one attached hydrogen (secondary N) is 2. The van der Waals surface area contributed by atoms with Crippen molar-refractivity contribution in [2.75, 3.05) is 6.61 Å². The van der Waals surface area contributed by atoms with Crippen LogP contribution in [0.5, 0.6) is 0 Å². The average Bonchev–Trinajstić information content (AvgIpc) is 3.06. The number of urea groups is 1. The Balaban J connectivity index is 1.51. The van der Waals surface area contributed by atoms with Crippen LogP contribution < -0.4 is 10.6 Å². The largest absolute Gasteiger partial charge is 0.452 e. The number of aryl methyl sites for hydroxylation is 1. The molecule has 0 atom stereocenters. The van der Waals surface area contributed by atoms with Gasteiger partial charge in [0, 0.05) is 33.3 Å². The predicted octanol–water partition coefficient (Wildman–Crippen LogP) is 4.91. The van der Waals surface area contributed by atoms with Gasteiger partial charge in [-0.3, -0.25) is 10.1 Å². The fraction of sp³-hybridized carbons (Fsp3) is 0.391. The number of rotatable bonds is 7. The lowest BCUT2D eigenvalue weighted by molar-refractivity contribution is -0.143. The van der Waals surface area contributed by atoms with Gasteiger partial charge in [0.1, 0.15) is 5.15 Å². The van der Waals surface area contributed by atoms with E-state index in [1.54, 1.807) is 25.1 Å². The third-order valence-corrected chi connectivity index (χ3v) is 6.51. The number of carbonyl (C=O) groups excluding carboxylic acids is 3. The molecule has 0 spiro atoms. The summed E-state index contributed by atoms with van der Waals surface area (Å²) in [4.78, 5) is 35.8. The van der Waals surface area contributed by atoms with Crippen LogP contribution >= 0.6 is 34.8 Å². The number of esters is 1. The van der Waals surface area contributed by atoms with Crippen molar-refractivity contribution in [1.29, 1.82) is 0 Å². The number of carbonyl (C=O) groups is 3. The number of nitrogens with zero attached hydrogens (tertiary/aromatic N) is 2. The Morgan fingerprint density at radius 2 is 1.82 bits per heavy atom. The zero-order chi connectivity index (χ0) is 24.7. The van der Waals surface area contributed by atoms with Gasteiger partial charge in [0.2, 0.25) is 0 Å². The van der Waals surface area contributed by atoms with Crippen LogP contribution in [0, 0.1) is 6.92 Å². The van der Waals surface area contributed by atoms with Crippen LogP contribution in [0.4, 0.5) is 4.79 Å². The molecule has 0 saturated heterocycles. The number of hydrogen-bond donors (Lipinski definition) is 2. The van der Waals surface area contributed by atoms with E-state index in [1.807, 2.05) is 0 Å². The van der Waals surface area contributed by atoms with E-state index < -0.39 is 24.5 Å². The van der Waals surface area contributed by atoms with Crippen molar-refractivity contribution < 1.29 is 19.1 Å². The molecular formula is C23H25Cl3N4O4. The Bertz CT molecular complexity index is 1070. The van der Waals surface area contributed by atoms with Gasteiger partial charge in [-0.15, -0.1) is 0 Å². The van der Waals surface area contributed by atoms with Gasteiger partial charge in [0.15, 0.2) is 6.61 Å². The summed E-state index contributed by atoms with van der Waals surface area (Å²) in [6.07, 6.45) is 7.64. The lowest BCUT2D eigenvalue weighted by Gasteiger charge is -2.22. The summed E-state index contributed by atoms with van der Waals surface area (Å²) in [6, 6.07) is 4.67. The number of halogens is 3. The fourth-order valence-electron chi connectivity index (χ4n) is 3.66. The Kier molecular flexibility index (Phi) is 9.38. The first-order chi connectivity index (χ1) is 16.2. The minimum atomic E-state index is -0.764. The number of imide groups is 1. The van der Waals surface area contributed by atoms with Gasteiger partial charge in [-0.1, -0.05) is 60.1 Å². The van der Waals surface area contributed by atoms with Crippen molar-refractivity contribution in [3.8, 4) is 0 Å². The van der Waals surface area contributed by atoms with E-state index in [2.05, 4.69) is 15.7 Å². The van der Waals surface area contributed by atoms with E-state index in [0.29, 0.717) is 26.9 Å². The Morgan fingerprint density at radius 3 is 2.50 bits per heavy atom. The second-order valence-corrected chi connectivity index (χ2v) is 9.12. The molecule has 2 N–H and O–H groups in total. The summed E-state index contributed by atoms with van der Waals surface area (Å²) in [6.45, 7) is 1.40. The Morgan fingerprint density at radius 1 is 1.15 bits per heavy atom. The minimum absolute atomic E-state index is 0.0647. The van der Waals surface area contributed by atoms with Crippen LogP contribution in [0.15, 0.2) is 24.3 Å². The van der Waals surface area contributed by atoms with E-state index in [4.69, 9.17) is 39.5 Å². The highest BCUT2D eigenvalue weighted by atomic mass is 35.5. The van der Waals surface area contributed by atoms with Crippen molar-refractivity contribution >= 4 is 58.8 Å². The molecule has 1 aromatic carbocycles. The maximum Gasteiger partial charge on any atom is 0.331 e. The monoisotopic (exact) mass is 526 g/mol. The molecule has 3 amide bonds. The Labute approximate surface area is 212 Å². The predicted molar refractivity (Wildman–Crippen MR) is 131 cm³/mol. The van der Waals surface area contributed by atoms with Gasteiger partial charge < -0.3 is 10.1 Å². The lowest BCUT2D eigenvalue weighted by atomic mass is 9.96. The standard InChI is InChI=1S/C23H25Cl3N4O4/c1-14-16(22(26)30(29-14)12-17-18(24)8-5-9-19(17)25)10-11-21(32)34-13-20(31)28-23(33)27-15-6-3-2-4-7-15/h5,8-11,15H,2-4,6-7,12-13H2,1H3,(H2,27,28,31,33)/b11-10+. The second kappa shape index (κ2) is 12.2. The molecule has 1 fully saturated rings. The summed E-state index contributed by atoms with van der Waals surface area (Å²) in [5, 5.41) is 10.6. The molecule has 1 aromatic heterocycles. The molecule has 1 aliphatic carbocycles. The summed E-state index contributed by atoms with van der Waals surface area (Å²) in [7, 11) is 0. The van der Waals surface area contributed by atoms with Gasteiger partial charge >= 0.3 is 12.0 Å². The number of hydrogen-bond acceptors (Lipinski definition) is 5. The van der Waals surface area contributed by atoms with Gasteiger partial charge in [-0.25, -0.2) is 14.3 Å². The number of ether oxygens (including phenoxy) is 1. The molecule has 1 heterocycles. The fourth-order valence-corrected chi connectivity index (χ4v) is 4.48. The van der Waals surface area contributed by atoms with Crippen LogP contribution in [0.1, 0.15) is 48.9 Å². The molecule has 1 saturated carbocycles. The topological polar surface area (TPSA) is 102 Å². The summed E-state index contributed by atoms with van der Waals surface area (Å²) >= 11 is 18.9. The molecule has 3 rings (SSSR count). The van der Waals surface area contributed by atoms with E-state index >= 15 is 0 Å². The molecule has 1 aliphatic rings. The van der Waals surface area contributed by atoms with Crippen molar-refractivity contribution in [3.05, 3.63) is 56.3 Å². The van der Waals surface area contributed by atoms with E-state index in [0.717, 1.165) is 38.2 Å². The normalized spacial score (nSPS) is 14.2. The molecule has 8 nitrogen and oxygen atoms in total. The zero-order valence-electron chi connectivity index (χ0n) is 18.6. The van der Waals surface area contributed by atoms with Crippen molar-refractivity contribution in [1.82, 2.24) is 20.4 Å². The SMILES string of the molecule is Cc1nn(Cc2c(Cl)cccc2Cl)c(Cl)c1/C=C/C(=O)OCC(=O)NC(=O)NC1CCCCC1. The molecule has 0 unspecified atom stereocenters. The maximum atomic E-state index is 12.0. The van der Waals surface area contributed by atoms with E-state index in [1.165, 1.54) is 10.8 Å². The maximum absolute atomic E-state index is 12.0. The van der Waals surface area contributed by atoms with Crippen LogP contribution in [0.2, 0.25) is 15.2 Å². The molecule has 0 radical (unpaired) electrons. The quantitative estimate of drug-likeness (QED) is 0.393. The van der Waals surface area contributed by atoms with E-state index in [9.17, 15) is 14.4 Å². The smallest absolute Gasteiger partial charge is 0.331 e. The highest BCUT2D eigenvalue weighted by molar-refractivity contribution is 6.36. The minimum Gasteiger partial charge on any atom is -0.452 e. The second-order valence-electron chi connectivity index (χ2n) is 7.95. The first-order valence-corrected chi connectivity index (χ1v) is 12.0. The average molecular weight is 528 g/mol. The Hall–Kier alpha value is -2.55. The van der Waals surface area contributed by atoms with Crippen molar-refractivity contribution in [2.24, 2.45) is 0 Å². The lowest BCUT2D eigenvalue weighted by Crippen LogP contribution is -2.46. The highest BCUT2D eigenvalue weighted by Gasteiger charge is 2.18. The molecule has 2 aromatic rings. The molecular weight excluding hydrogens is 503 g/mol. The number of amides is 3. The van der Waals surface area contributed by atoms with Crippen LogP contribution in [-0.4, -0.2) is 40.3 Å². The first-order valence-electron chi connectivity index (χ1n) is 10.9. The van der Waals surface area contributed by atoms with Crippen molar-refractivity contribution in [2.45, 2.75) is 51.6 Å². The van der Waals surface area contributed by atoms with Crippen LogP contribution in [-0.2, 0) is 20.9 Å². The molecule has 0 bridgehead atoms. The number of aromatic nitrogens is 2. The van der Waals surface area contributed by atoms with Crippen molar-refractivity contribution in [3.63, 3.8) is 0 Å². The van der Waals surface area contributed by atoms with Gasteiger partial charge in [0.05, 0.1) is 12.2 Å². The zero-order valence-corrected chi connectivity index (χ0v) is 20.8. The summed E-state index contributed by atoms with van der Waals surface area (Å²) in [5.74, 6) is -1.48. The summed E-state index contributed by atoms with van der Waals surface area (Å²) in [5.41, 5.74) is 1.76. The van der Waals surface area contributed by atoms with E-state index in [-0.39, 0.29) is 17.7 Å². The van der Waals surface area contributed by atoms with Crippen LogP contribution in [0.3, 0.4) is 0 Å². The van der Waals surface area contributed by atoms with Gasteiger partial charge in [0.25, 0.3) is 5.91 Å². The third kappa shape index (κ3) is 7.22. The molecule has 11 heteroatoms. The van der Waals surface area contributed by atoms with Crippen LogP contribution in [0.25, 0.3) is 6.08 Å². The van der Waals surface area contributed by atoms with Gasteiger partial charge in [-0.05, 0) is 38.0 Å². The highest BCUT2D eigenvalue weighted by Crippen LogP contribution is 2.28. The number of benzene rings is 1. The molecule has 34 heavy (non-hydrogen) atoms. The van der Waals surface area contributed by atoms with Gasteiger partial charge in [-0.2, -0.15) is 5.10 Å². The molecule has 182 valence electrons. The third-order valence-electron chi connectivity index (χ3n) is 5.40. The summed E-state index contributed by atoms with van der Waals surface area (Å²) < 4.78 is 6.43. The molecule has 0 aliphatic heterocycles.